The maximum Gasteiger partial charge on any atom is 0.0467 e. The van der Waals surface area contributed by atoms with Crippen LogP contribution in [0, 0.1) is 13.8 Å². The first-order valence-electron chi connectivity index (χ1n) is 20.9. The number of anilines is 3. The summed E-state index contributed by atoms with van der Waals surface area (Å²) >= 11 is 0. The SMILES string of the molecule is CCC1(CC)c2ccccc2-c2ccc(Cc3ccc(C)c(-c4cc(N(c5ccccc5)c5ccc6c(c5)C(CC)(CC)c5ccccc5-6)ccc4C)c3)cc21. The van der Waals surface area contributed by atoms with Gasteiger partial charge in [0.15, 0.2) is 0 Å². The van der Waals surface area contributed by atoms with E-state index in [2.05, 4.69) is 198 Å². The summed E-state index contributed by atoms with van der Waals surface area (Å²) in [5, 5.41) is 0. The standard InChI is InChI=1S/C55H53N/c1-7-54(8-2)50-22-16-14-20-44(50)46-30-27-40(34-52(46)54)32-39-26-24-37(5)48(33-39)49-35-42(28-25-38(49)6)56(41-18-12-11-13-19-41)43-29-31-47-45-21-15-17-23-51(45)55(9-3,10-4)53(47)36-43/h11-31,33-36H,7-10,32H2,1-6H3. The molecule has 0 saturated heterocycles. The van der Waals surface area contributed by atoms with Crippen molar-refractivity contribution in [3.63, 3.8) is 0 Å². The minimum atomic E-state index is 0.0116. The monoisotopic (exact) mass is 727 g/mol. The second-order valence-electron chi connectivity index (χ2n) is 16.3. The Hall–Kier alpha value is -5.66. The Labute approximate surface area is 334 Å². The van der Waals surface area contributed by atoms with E-state index in [1.54, 1.807) is 0 Å². The average molecular weight is 728 g/mol. The van der Waals surface area contributed by atoms with Crippen LogP contribution >= 0.6 is 0 Å². The number of rotatable bonds is 10. The molecular weight excluding hydrogens is 675 g/mol. The molecule has 2 aliphatic carbocycles. The molecule has 7 aromatic rings. The molecule has 0 unspecified atom stereocenters. The summed E-state index contributed by atoms with van der Waals surface area (Å²) in [6.07, 6.45) is 5.27. The van der Waals surface area contributed by atoms with Gasteiger partial charge >= 0.3 is 0 Å². The maximum atomic E-state index is 2.52. The predicted octanol–water partition coefficient (Wildman–Crippen LogP) is 15.2. The van der Waals surface area contributed by atoms with Gasteiger partial charge in [0, 0.05) is 27.9 Å². The maximum absolute atomic E-state index is 2.52. The molecule has 0 spiro atoms. The lowest BCUT2D eigenvalue weighted by atomic mass is 9.73. The van der Waals surface area contributed by atoms with Crippen molar-refractivity contribution in [1.29, 1.82) is 0 Å². The lowest BCUT2D eigenvalue weighted by molar-refractivity contribution is 0.490. The highest BCUT2D eigenvalue weighted by molar-refractivity contribution is 5.87. The van der Waals surface area contributed by atoms with Crippen molar-refractivity contribution in [2.45, 2.75) is 84.5 Å². The van der Waals surface area contributed by atoms with Crippen LogP contribution in [0.25, 0.3) is 33.4 Å². The number of nitrogens with zero attached hydrogens (tertiary/aromatic N) is 1. The Kier molecular flexibility index (Phi) is 9.08. The van der Waals surface area contributed by atoms with Gasteiger partial charge in [-0.3, -0.25) is 0 Å². The number of benzene rings is 7. The molecule has 0 heterocycles. The second-order valence-corrected chi connectivity index (χ2v) is 16.3. The highest BCUT2D eigenvalue weighted by Crippen LogP contribution is 2.55. The van der Waals surface area contributed by atoms with E-state index >= 15 is 0 Å². The largest absolute Gasteiger partial charge is 0.310 e. The van der Waals surface area contributed by atoms with E-state index in [4.69, 9.17) is 0 Å². The minimum Gasteiger partial charge on any atom is -0.310 e. The van der Waals surface area contributed by atoms with Crippen LogP contribution in [0.15, 0.2) is 152 Å². The van der Waals surface area contributed by atoms with E-state index < -0.39 is 0 Å². The van der Waals surface area contributed by atoms with Crippen molar-refractivity contribution in [2.75, 3.05) is 4.90 Å². The van der Waals surface area contributed by atoms with Crippen molar-refractivity contribution >= 4 is 17.1 Å². The zero-order valence-electron chi connectivity index (χ0n) is 33.9. The number of aryl methyl sites for hydroxylation is 2. The van der Waals surface area contributed by atoms with Crippen LogP contribution < -0.4 is 4.90 Å². The molecule has 0 saturated carbocycles. The highest BCUT2D eigenvalue weighted by atomic mass is 15.1. The first kappa shape index (κ1) is 36.0. The molecular formula is C55H53N. The van der Waals surface area contributed by atoms with Crippen LogP contribution in [0.1, 0.15) is 97.9 Å². The molecule has 0 aliphatic heterocycles. The minimum absolute atomic E-state index is 0.0116. The molecule has 0 radical (unpaired) electrons. The number of para-hydroxylation sites is 1. The Morgan fingerprint density at radius 1 is 0.357 bits per heavy atom. The van der Waals surface area contributed by atoms with E-state index in [0.717, 1.165) is 37.8 Å². The van der Waals surface area contributed by atoms with Crippen molar-refractivity contribution < 1.29 is 0 Å². The first-order valence-corrected chi connectivity index (χ1v) is 20.9. The molecule has 0 bridgehead atoms. The third-order valence-corrected chi connectivity index (χ3v) is 13.8. The van der Waals surface area contributed by atoms with Gasteiger partial charge in [0.2, 0.25) is 0 Å². The molecule has 1 heteroatoms. The third kappa shape index (κ3) is 5.50. The zero-order chi connectivity index (χ0) is 38.6. The fraction of sp³-hybridized carbons (Fsp3) is 0.236. The summed E-state index contributed by atoms with van der Waals surface area (Å²) in [6.45, 7) is 13.9. The van der Waals surface area contributed by atoms with Gasteiger partial charge in [0.1, 0.15) is 0 Å². The van der Waals surface area contributed by atoms with Crippen LogP contribution in [0.3, 0.4) is 0 Å². The summed E-state index contributed by atoms with van der Waals surface area (Å²) < 4.78 is 0. The van der Waals surface area contributed by atoms with Gasteiger partial charge in [-0.2, -0.15) is 0 Å². The molecule has 7 aromatic carbocycles. The fourth-order valence-corrected chi connectivity index (χ4v) is 10.6. The molecule has 0 atom stereocenters. The smallest absolute Gasteiger partial charge is 0.0467 e. The van der Waals surface area contributed by atoms with E-state index in [0.29, 0.717) is 0 Å². The summed E-state index contributed by atoms with van der Waals surface area (Å²) in [5.74, 6) is 0. The Morgan fingerprint density at radius 2 is 0.804 bits per heavy atom. The van der Waals surface area contributed by atoms with Gasteiger partial charge in [0.25, 0.3) is 0 Å². The molecule has 56 heavy (non-hydrogen) atoms. The number of hydrogen-bond acceptors (Lipinski definition) is 1. The molecule has 9 rings (SSSR count). The molecule has 0 N–H and O–H groups in total. The summed E-state index contributed by atoms with van der Waals surface area (Å²) in [6, 6.07) is 57.6. The third-order valence-electron chi connectivity index (χ3n) is 13.8. The van der Waals surface area contributed by atoms with Gasteiger partial charge in [0.05, 0.1) is 0 Å². The van der Waals surface area contributed by atoms with Crippen LogP contribution in [0.4, 0.5) is 17.1 Å². The number of hydrogen-bond donors (Lipinski definition) is 0. The fourth-order valence-electron chi connectivity index (χ4n) is 10.6. The van der Waals surface area contributed by atoms with Crippen molar-refractivity contribution in [3.05, 3.63) is 196 Å². The number of fused-ring (bicyclic) bond motifs is 6. The Bertz CT molecular complexity index is 2580. The van der Waals surface area contributed by atoms with Crippen molar-refractivity contribution in [3.8, 4) is 33.4 Å². The average Bonchev–Trinajstić information content (AvgIpc) is 3.69. The summed E-state index contributed by atoms with van der Waals surface area (Å²) in [7, 11) is 0. The molecule has 278 valence electrons. The van der Waals surface area contributed by atoms with Crippen LogP contribution in [0.2, 0.25) is 0 Å². The first-order chi connectivity index (χ1) is 27.4. The lowest BCUT2D eigenvalue weighted by Crippen LogP contribution is -2.23. The van der Waals surface area contributed by atoms with Crippen LogP contribution in [-0.2, 0) is 17.3 Å². The molecule has 0 fully saturated rings. The zero-order valence-corrected chi connectivity index (χ0v) is 33.9. The van der Waals surface area contributed by atoms with Gasteiger partial charge in [-0.25, -0.2) is 0 Å². The van der Waals surface area contributed by atoms with E-state index in [-0.39, 0.29) is 10.8 Å². The van der Waals surface area contributed by atoms with E-state index in [1.807, 2.05) is 0 Å². The normalized spacial score (nSPS) is 14.2. The highest BCUT2D eigenvalue weighted by Gasteiger charge is 2.41. The van der Waals surface area contributed by atoms with E-state index in [9.17, 15) is 0 Å². The molecule has 1 nitrogen and oxygen atoms in total. The molecule has 2 aliphatic rings. The molecule has 0 amide bonds. The second kappa shape index (κ2) is 14.1. The Balaban J connectivity index is 1.11. The van der Waals surface area contributed by atoms with Gasteiger partial charge < -0.3 is 4.90 Å². The van der Waals surface area contributed by atoms with Gasteiger partial charge in [-0.15, -0.1) is 0 Å². The van der Waals surface area contributed by atoms with E-state index in [1.165, 1.54) is 89.3 Å². The predicted molar refractivity (Wildman–Crippen MR) is 239 cm³/mol. The lowest BCUT2D eigenvalue weighted by Gasteiger charge is -2.32. The van der Waals surface area contributed by atoms with Gasteiger partial charge in [-0.1, -0.05) is 143 Å². The molecule has 0 aromatic heterocycles. The Morgan fingerprint density at radius 3 is 1.43 bits per heavy atom. The quantitative estimate of drug-likeness (QED) is 0.136. The van der Waals surface area contributed by atoms with Crippen LogP contribution in [0.5, 0.6) is 0 Å². The summed E-state index contributed by atoms with van der Waals surface area (Å²) in [5.41, 5.74) is 23.0. The van der Waals surface area contributed by atoms with Crippen LogP contribution in [-0.4, -0.2) is 0 Å². The van der Waals surface area contributed by atoms with Gasteiger partial charge in [-0.05, 0) is 160 Å². The van der Waals surface area contributed by atoms with Crippen molar-refractivity contribution in [1.82, 2.24) is 0 Å². The van der Waals surface area contributed by atoms with Crippen molar-refractivity contribution in [2.24, 2.45) is 0 Å². The summed E-state index contributed by atoms with van der Waals surface area (Å²) in [4.78, 5) is 2.46. The topological polar surface area (TPSA) is 3.24 Å².